The lowest BCUT2D eigenvalue weighted by atomic mass is 10.3. The third-order valence-electron chi connectivity index (χ3n) is 1.92. The van der Waals surface area contributed by atoms with Crippen LogP contribution in [0.3, 0.4) is 0 Å². The fourth-order valence-electron chi connectivity index (χ4n) is 1.19. The summed E-state index contributed by atoms with van der Waals surface area (Å²) in [7, 11) is 0. The molecule has 1 heterocycles. The van der Waals surface area contributed by atoms with Crippen molar-refractivity contribution < 1.29 is 9.90 Å². The number of carboxylic acids is 1. The van der Waals surface area contributed by atoms with E-state index in [1.807, 2.05) is 12.1 Å². The highest BCUT2D eigenvalue weighted by molar-refractivity contribution is 7.16. The van der Waals surface area contributed by atoms with Gasteiger partial charge in [-0.1, -0.05) is 11.6 Å². The highest BCUT2D eigenvalue weighted by Gasteiger charge is 1.98. The summed E-state index contributed by atoms with van der Waals surface area (Å²) in [6.07, 6.45) is 1.86. The smallest absolute Gasteiger partial charge is 0.303 e. The third kappa shape index (κ3) is 5.77. The Morgan fingerprint density at radius 3 is 2.87 bits per heavy atom. The number of carbonyl (C=O) groups is 1. The molecule has 0 radical (unpaired) electrons. The molecule has 1 aromatic heterocycles. The topological polar surface area (TPSA) is 49.3 Å². The minimum Gasteiger partial charge on any atom is -0.481 e. The Morgan fingerprint density at radius 2 is 2.27 bits per heavy atom. The first-order valence-corrected chi connectivity index (χ1v) is 6.04. The van der Waals surface area contributed by atoms with Gasteiger partial charge in [0.15, 0.2) is 0 Å². The first-order chi connectivity index (χ1) is 7.18. The van der Waals surface area contributed by atoms with Gasteiger partial charge in [-0.15, -0.1) is 11.3 Å². The van der Waals surface area contributed by atoms with Crippen molar-refractivity contribution in [1.29, 1.82) is 0 Å². The van der Waals surface area contributed by atoms with Crippen molar-refractivity contribution in [2.24, 2.45) is 0 Å². The molecule has 0 aliphatic carbocycles. The van der Waals surface area contributed by atoms with Gasteiger partial charge < -0.3 is 10.4 Å². The van der Waals surface area contributed by atoms with E-state index in [2.05, 4.69) is 5.32 Å². The molecule has 0 aromatic carbocycles. The molecule has 2 N–H and O–H groups in total. The molecule has 0 fully saturated rings. The number of hydrogen-bond donors (Lipinski definition) is 2. The second-order valence-corrected chi connectivity index (χ2v) is 5.00. The molecule has 1 aromatic rings. The van der Waals surface area contributed by atoms with Crippen LogP contribution < -0.4 is 5.32 Å². The fraction of sp³-hybridized carbons (Fsp3) is 0.500. The fourth-order valence-corrected chi connectivity index (χ4v) is 2.27. The predicted octanol–water partition coefficient (Wildman–Crippen LogP) is 2.40. The van der Waals surface area contributed by atoms with Crippen LogP contribution >= 0.6 is 22.9 Å². The maximum absolute atomic E-state index is 10.2. The van der Waals surface area contributed by atoms with Gasteiger partial charge in [-0.3, -0.25) is 4.79 Å². The Balaban J connectivity index is 2.00. The second-order valence-electron chi connectivity index (χ2n) is 3.20. The van der Waals surface area contributed by atoms with Crippen LogP contribution in [0.4, 0.5) is 0 Å². The maximum atomic E-state index is 10.2. The zero-order valence-corrected chi connectivity index (χ0v) is 9.90. The van der Waals surface area contributed by atoms with Crippen molar-refractivity contribution in [3.8, 4) is 0 Å². The molecule has 0 saturated carbocycles. The number of nitrogens with one attached hydrogen (secondary N) is 1. The van der Waals surface area contributed by atoms with Gasteiger partial charge in [0, 0.05) is 11.3 Å². The number of aliphatic carboxylic acids is 1. The summed E-state index contributed by atoms with van der Waals surface area (Å²) < 4.78 is 0.816. The zero-order valence-electron chi connectivity index (χ0n) is 8.33. The number of carboxylic acid groups (broad SMARTS) is 1. The molecule has 0 spiro atoms. The van der Waals surface area contributed by atoms with Crippen molar-refractivity contribution in [1.82, 2.24) is 5.32 Å². The van der Waals surface area contributed by atoms with Crippen molar-refractivity contribution in [3.63, 3.8) is 0 Å². The molecule has 5 heteroatoms. The van der Waals surface area contributed by atoms with E-state index in [1.54, 1.807) is 11.3 Å². The molecule has 0 aliphatic rings. The SMILES string of the molecule is O=C(O)CCCNCCc1ccc(Cl)s1. The molecule has 1 rings (SSSR count). The van der Waals surface area contributed by atoms with Gasteiger partial charge in [0.25, 0.3) is 0 Å². The molecule has 84 valence electrons. The summed E-state index contributed by atoms with van der Waals surface area (Å²) in [6, 6.07) is 3.91. The molecule has 0 atom stereocenters. The zero-order chi connectivity index (χ0) is 11.1. The second kappa shape index (κ2) is 6.82. The quantitative estimate of drug-likeness (QED) is 0.728. The summed E-state index contributed by atoms with van der Waals surface area (Å²) in [5.74, 6) is -0.734. The largest absolute Gasteiger partial charge is 0.481 e. The maximum Gasteiger partial charge on any atom is 0.303 e. The molecule has 0 amide bonds. The average molecular weight is 248 g/mol. The Bertz CT molecular complexity index is 314. The first-order valence-electron chi connectivity index (χ1n) is 4.85. The van der Waals surface area contributed by atoms with Gasteiger partial charge >= 0.3 is 5.97 Å². The molecule has 0 bridgehead atoms. The lowest BCUT2D eigenvalue weighted by Gasteiger charge is -2.01. The Morgan fingerprint density at radius 1 is 1.47 bits per heavy atom. The summed E-state index contributed by atoms with van der Waals surface area (Å²) in [6.45, 7) is 1.63. The summed E-state index contributed by atoms with van der Waals surface area (Å²) in [5, 5.41) is 11.6. The van der Waals surface area contributed by atoms with Crippen LogP contribution in [0.15, 0.2) is 12.1 Å². The molecular formula is C10H14ClNO2S. The van der Waals surface area contributed by atoms with Crippen LogP contribution in [0.25, 0.3) is 0 Å². The van der Waals surface area contributed by atoms with E-state index in [1.165, 1.54) is 4.88 Å². The van der Waals surface area contributed by atoms with E-state index in [0.29, 0.717) is 6.42 Å². The highest BCUT2D eigenvalue weighted by atomic mass is 35.5. The van der Waals surface area contributed by atoms with E-state index in [-0.39, 0.29) is 6.42 Å². The van der Waals surface area contributed by atoms with E-state index in [9.17, 15) is 4.79 Å². The van der Waals surface area contributed by atoms with Crippen LogP contribution in [0.1, 0.15) is 17.7 Å². The molecule has 0 aliphatic heterocycles. The minimum absolute atomic E-state index is 0.234. The number of halogens is 1. The summed E-state index contributed by atoms with van der Waals surface area (Å²) in [4.78, 5) is 11.5. The number of hydrogen-bond acceptors (Lipinski definition) is 3. The summed E-state index contributed by atoms with van der Waals surface area (Å²) in [5.41, 5.74) is 0. The molecule has 0 unspecified atom stereocenters. The minimum atomic E-state index is -0.734. The van der Waals surface area contributed by atoms with E-state index in [0.717, 1.165) is 23.8 Å². The average Bonchev–Trinajstić information content (AvgIpc) is 2.57. The van der Waals surface area contributed by atoms with E-state index in [4.69, 9.17) is 16.7 Å². The van der Waals surface area contributed by atoms with E-state index < -0.39 is 5.97 Å². The predicted molar refractivity (Wildman–Crippen MR) is 62.8 cm³/mol. The van der Waals surface area contributed by atoms with Crippen molar-refractivity contribution in [2.45, 2.75) is 19.3 Å². The number of rotatable bonds is 7. The van der Waals surface area contributed by atoms with Crippen LogP contribution in [-0.4, -0.2) is 24.2 Å². The first kappa shape index (κ1) is 12.5. The van der Waals surface area contributed by atoms with Gasteiger partial charge in [-0.25, -0.2) is 0 Å². The van der Waals surface area contributed by atoms with Crippen molar-refractivity contribution >= 4 is 28.9 Å². The van der Waals surface area contributed by atoms with Crippen molar-refractivity contribution in [3.05, 3.63) is 21.3 Å². The van der Waals surface area contributed by atoms with Gasteiger partial charge in [0.2, 0.25) is 0 Å². The lowest BCUT2D eigenvalue weighted by molar-refractivity contribution is -0.137. The van der Waals surface area contributed by atoms with Gasteiger partial charge in [0.05, 0.1) is 4.34 Å². The lowest BCUT2D eigenvalue weighted by Crippen LogP contribution is -2.18. The number of thiophene rings is 1. The Labute approximate surface area is 98.1 Å². The monoisotopic (exact) mass is 247 g/mol. The molecular weight excluding hydrogens is 234 g/mol. The molecule has 0 saturated heterocycles. The molecule has 15 heavy (non-hydrogen) atoms. The van der Waals surface area contributed by atoms with Gasteiger partial charge in [-0.2, -0.15) is 0 Å². The Kier molecular flexibility index (Phi) is 5.68. The van der Waals surface area contributed by atoms with Crippen molar-refractivity contribution in [2.75, 3.05) is 13.1 Å². The van der Waals surface area contributed by atoms with Crippen LogP contribution in [0.5, 0.6) is 0 Å². The standard InChI is InChI=1S/C10H14ClNO2S/c11-9-4-3-8(15-9)5-7-12-6-1-2-10(13)14/h3-4,12H,1-2,5-7H2,(H,13,14). The van der Waals surface area contributed by atoms with Crippen LogP contribution in [0.2, 0.25) is 4.34 Å². The normalized spacial score (nSPS) is 10.5. The third-order valence-corrected chi connectivity index (χ3v) is 3.21. The van der Waals surface area contributed by atoms with Gasteiger partial charge in [-0.05, 0) is 38.1 Å². The Hall–Kier alpha value is -0.580. The summed E-state index contributed by atoms with van der Waals surface area (Å²) >= 11 is 7.38. The van der Waals surface area contributed by atoms with Gasteiger partial charge in [0.1, 0.15) is 0 Å². The molecule has 3 nitrogen and oxygen atoms in total. The van der Waals surface area contributed by atoms with E-state index >= 15 is 0 Å². The van der Waals surface area contributed by atoms with Crippen LogP contribution in [0, 0.1) is 0 Å². The van der Waals surface area contributed by atoms with Crippen LogP contribution in [-0.2, 0) is 11.2 Å². The highest BCUT2D eigenvalue weighted by Crippen LogP contribution is 2.21.